The van der Waals surface area contributed by atoms with E-state index in [1.54, 1.807) is 0 Å². The Kier molecular flexibility index (Phi) is 4.09. The number of hydrogen-bond donors (Lipinski definition) is 1. The van der Waals surface area contributed by atoms with Crippen molar-refractivity contribution in [2.45, 2.75) is 37.8 Å². The van der Waals surface area contributed by atoms with Gasteiger partial charge in [-0.2, -0.15) is 0 Å². The van der Waals surface area contributed by atoms with Crippen molar-refractivity contribution in [2.75, 3.05) is 13.6 Å². The Hall–Kier alpha value is -0.450. The van der Waals surface area contributed by atoms with E-state index in [1.165, 1.54) is 12.1 Å². The van der Waals surface area contributed by atoms with Crippen molar-refractivity contribution in [3.63, 3.8) is 0 Å². The van der Waals surface area contributed by atoms with Crippen LogP contribution in [0, 0.1) is 5.82 Å². The number of hydrogen-bond acceptors (Lipinski definition) is 2. The second kappa shape index (κ2) is 5.27. The zero-order chi connectivity index (χ0) is 13.3. The van der Waals surface area contributed by atoms with Gasteiger partial charge in [0.05, 0.1) is 5.60 Å². The van der Waals surface area contributed by atoms with Crippen LogP contribution in [0.3, 0.4) is 0 Å². The number of benzene rings is 1. The average Bonchev–Trinajstić information content (AvgIpc) is 2.22. The molecular weight excluding hydrogens is 297 g/mol. The zero-order valence-corrected chi connectivity index (χ0v) is 12.4. The van der Waals surface area contributed by atoms with E-state index in [0.29, 0.717) is 12.5 Å². The normalized spacial score (nSPS) is 29.5. The predicted molar refractivity (Wildman–Crippen MR) is 74.1 cm³/mol. The van der Waals surface area contributed by atoms with Crippen LogP contribution >= 0.6 is 15.9 Å². The van der Waals surface area contributed by atoms with Gasteiger partial charge in [-0.05, 0) is 50.6 Å². The Labute approximate surface area is 116 Å². The van der Waals surface area contributed by atoms with Gasteiger partial charge in [0.15, 0.2) is 0 Å². The van der Waals surface area contributed by atoms with Gasteiger partial charge in [0.25, 0.3) is 0 Å². The van der Waals surface area contributed by atoms with Crippen LogP contribution in [0.2, 0.25) is 0 Å². The van der Waals surface area contributed by atoms with Crippen molar-refractivity contribution >= 4 is 15.9 Å². The Morgan fingerprint density at radius 2 is 2.22 bits per heavy atom. The molecule has 1 N–H and O–H groups in total. The predicted octanol–water partition coefficient (Wildman–Crippen LogP) is 2.98. The maximum atomic E-state index is 13.3. The lowest BCUT2D eigenvalue weighted by Gasteiger charge is -2.41. The summed E-state index contributed by atoms with van der Waals surface area (Å²) in [4.78, 5) is 2.25. The number of rotatable bonds is 2. The van der Waals surface area contributed by atoms with Crippen LogP contribution in [0.5, 0.6) is 0 Å². The summed E-state index contributed by atoms with van der Waals surface area (Å²) >= 11 is 3.29. The van der Waals surface area contributed by atoms with Crippen molar-refractivity contribution in [3.8, 4) is 0 Å². The van der Waals surface area contributed by atoms with Crippen LogP contribution in [0.4, 0.5) is 4.39 Å². The van der Waals surface area contributed by atoms with E-state index in [2.05, 4.69) is 34.8 Å². The highest BCUT2D eigenvalue weighted by Gasteiger charge is 2.35. The van der Waals surface area contributed by atoms with Crippen LogP contribution in [-0.2, 0) is 6.42 Å². The molecule has 1 heterocycles. The first-order valence-corrected chi connectivity index (χ1v) is 7.05. The molecular formula is C14H19BrFNO. The topological polar surface area (TPSA) is 23.5 Å². The number of nitrogens with zero attached hydrogens (tertiary/aromatic N) is 1. The van der Waals surface area contributed by atoms with Gasteiger partial charge in [-0.25, -0.2) is 4.39 Å². The zero-order valence-electron chi connectivity index (χ0n) is 10.8. The Balaban J connectivity index is 2.12. The van der Waals surface area contributed by atoms with Gasteiger partial charge < -0.3 is 10.0 Å². The molecule has 0 amide bonds. The van der Waals surface area contributed by atoms with Crippen molar-refractivity contribution in [1.29, 1.82) is 0 Å². The maximum Gasteiger partial charge on any atom is 0.124 e. The fraction of sp³-hybridized carbons (Fsp3) is 0.571. The molecule has 1 fully saturated rings. The minimum atomic E-state index is -0.709. The van der Waals surface area contributed by atoms with Gasteiger partial charge in [0.1, 0.15) is 5.82 Å². The molecule has 2 atom stereocenters. The highest BCUT2D eigenvalue weighted by molar-refractivity contribution is 9.10. The fourth-order valence-electron chi connectivity index (χ4n) is 2.67. The summed E-state index contributed by atoms with van der Waals surface area (Å²) in [7, 11) is 2.07. The highest BCUT2D eigenvalue weighted by Crippen LogP contribution is 2.30. The number of likely N-dealkylation sites (tertiary alicyclic amines) is 1. The molecule has 1 aliphatic heterocycles. The molecule has 2 rings (SSSR count). The molecule has 18 heavy (non-hydrogen) atoms. The highest BCUT2D eigenvalue weighted by atomic mass is 79.9. The summed E-state index contributed by atoms with van der Waals surface area (Å²) in [5.74, 6) is -0.260. The van der Waals surface area contributed by atoms with E-state index in [-0.39, 0.29) is 5.82 Å². The van der Waals surface area contributed by atoms with Crippen molar-refractivity contribution in [2.24, 2.45) is 0 Å². The fourth-order valence-corrected chi connectivity index (χ4v) is 3.18. The Morgan fingerprint density at radius 1 is 1.50 bits per heavy atom. The third-order valence-electron chi connectivity index (χ3n) is 3.81. The summed E-state index contributed by atoms with van der Waals surface area (Å²) < 4.78 is 14.0. The molecule has 4 heteroatoms. The molecule has 0 spiro atoms. The molecule has 0 aliphatic carbocycles. The molecule has 0 bridgehead atoms. The van der Waals surface area contributed by atoms with Crippen LogP contribution in [0.15, 0.2) is 22.7 Å². The SMILES string of the molecule is CC1CC(O)(Cc2cc(F)cc(Br)c2)CCN1C. The van der Waals surface area contributed by atoms with Crippen molar-refractivity contribution < 1.29 is 9.50 Å². The summed E-state index contributed by atoms with van der Waals surface area (Å²) in [5.41, 5.74) is 0.139. The van der Waals surface area contributed by atoms with Gasteiger partial charge in [-0.15, -0.1) is 0 Å². The molecule has 100 valence electrons. The lowest BCUT2D eigenvalue weighted by atomic mass is 9.82. The first-order valence-electron chi connectivity index (χ1n) is 6.26. The third kappa shape index (κ3) is 3.31. The van der Waals surface area contributed by atoms with Gasteiger partial charge in [0.2, 0.25) is 0 Å². The van der Waals surface area contributed by atoms with Crippen molar-refractivity contribution in [1.82, 2.24) is 4.90 Å². The number of halogens is 2. The summed E-state index contributed by atoms with van der Waals surface area (Å²) in [6.07, 6.45) is 1.99. The third-order valence-corrected chi connectivity index (χ3v) is 4.27. The monoisotopic (exact) mass is 315 g/mol. The first-order chi connectivity index (χ1) is 8.38. The van der Waals surface area contributed by atoms with E-state index in [0.717, 1.165) is 29.4 Å². The van der Waals surface area contributed by atoms with E-state index in [4.69, 9.17) is 0 Å². The van der Waals surface area contributed by atoms with Crippen molar-refractivity contribution in [3.05, 3.63) is 34.1 Å². The number of aliphatic hydroxyl groups is 1. The smallest absolute Gasteiger partial charge is 0.124 e. The average molecular weight is 316 g/mol. The lowest BCUT2D eigenvalue weighted by molar-refractivity contribution is -0.0353. The van der Waals surface area contributed by atoms with Crippen LogP contribution < -0.4 is 0 Å². The van der Waals surface area contributed by atoms with E-state index < -0.39 is 5.60 Å². The van der Waals surface area contributed by atoms with Gasteiger partial charge in [-0.3, -0.25) is 0 Å². The maximum absolute atomic E-state index is 13.3. The molecule has 0 radical (unpaired) electrons. The largest absolute Gasteiger partial charge is 0.389 e. The first kappa shape index (κ1) is 14.0. The molecule has 2 nitrogen and oxygen atoms in total. The second-order valence-electron chi connectivity index (χ2n) is 5.46. The van der Waals surface area contributed by atoms with Gasteiger partial charge >= 0.3 is 0 Å². The second-order valence-corrected chi connectivity index (χ2v) is 6.38. The van der Waals surface area contributed by atoms with Crippen LogP contribution in [0.25, 0.3) is 0 Å². The van der Waals surface area contributed by atoms with E-state index >= 15 is 0 Å². The standard InChI is InChI=1S/C14H19BrFNO/c1-10-8-14(18,3-4-17(10)2)9-11-5-12(15)7-13(16)6-11/h5-7,10,18H,3-4,8-9H2,1-2H3. The minimum Gasteiger partial charge on any atom is -0.389 e. The Bertz CT molecular complexity index is 420. The summed E-state index contributed by atoms with van der Waals surface area (Å²) in [6.45, 7) is 3.00. The quantitative estimate of drug-likeness (QED) is 0.907. The van der Waals surface area contributed by atoms with E-state index in [1.807, 2.05) is 6.07 Å². The summed E-state index contributed by atoms with van der Waals surface area (Å²) in [5, 5.41) is 10.6. The molecule has 1 aliphatic rings. The minimum absolute atomic E-state index is 0.260. The summed E-state index contributed by atoms with van der Waals surface area (Å²) in [6, 6.07) is 5.18. The van der Waals surface area contributed by atoms with Crippen LogP contribution in [-0.4, -0.2) is 35.2 Å². The van der Waals surface area contributed by atoms with Gasteiger partial charge in [-0.1, -0.05) is 15.9 Å². The Morgan fingerprint density at radius 3 is 2.83 bits per heavy atom. The molecule has 0 aromatic heterocycles. The molecule has 1 aromatic rings. The van der Waals surface area contributed by atoms with Crippen LogP contribution in [0.1, 0.15) is 25.3 Å². The molecule has 1 aromatic carbocycles. The number of piperidine rings is 1. The lowest BCUT2D eigenvalue weighted by Crippen LogP contribution is -2.48. The van der Waals surface area contributed by atoms with Gasteiger partial charge in [0, 0.05) is 23.5 Å². The molecule has 1 saturated heterocycles. The molecule has 0 saturated carbocycles. The van der Waals surface area contributed by atoms with E-state index in [9.17, 15) is 9.50 Å². The molecule has 2 unspecified atom stereocenters.